The van der Waals surface area contributed by atoms with Gasteiger partial charge in [0.2, 0.25) is 11.8 Å². The molecule has 44 heavy (non-hydrogen) atoms. The molecule has 13 heteroatoms. The van der Waals surface area contributed by atoms with Gasteiger partial charge in [-0.3, -0.25) is 14.5 Å². The molecule has 4 bridgehead atoms. The first kappa shape index (κ1) is 32.8. The van der Waals surface area contributed by atoms with Gasteiger partial charge in [-0.1, -0.05) is 51.1 Å². The van der Waals surface area contributed by atoms with Crippen molar-refractivity contribution in [3.63, 3.8) is 0 Å². The number of amides is 4. The van der Waals surface area contributed by atoms with Gasteiger partial charge in [-0.25, -0.2) is 14.4 Å². The minimum atomic E-state index is -1.26. The molecule has 4 atom stereocenters. The first-order valence-corrected chi connectivity index (χ1v) is 14.7. The molecule has 4 amide bonds. The summed E-state index contributed by atoms with van der Waals surface area (Å²) in [7, 11) is 0. The van der Waals surface area contributed by atoms with Gasteiger partial charge in [0.05, 0.1) is 26.3 Å². The molecule has 3 aliphatic rings. The fourth-order valence-electron chi connectivity index (χ4n) is 5.43. The number of benzene rings is 1. The van der Waals surface area contributed by atoms with Gasteiger partial charge < -0.3 is 34.9 Å². The average molecular weight is 615 g/mol. The Labute approximate surface area is 256 Å². The van der Waals surface area contributed by atoms with E-state index in [1.54, 1.807) is 47.6 Å². The summed E-state index contributed by atoms with van der Waals surface area (Å²) in [5.74, 6) is -2.60. The predicted octanol–water partition coefficient (Wildman–Crippen LogP) is 2.66. The van der Waals surface area contributed by atoms with E-state index >= 15 is 0 Å². The molecule has 1 saturated heterocycles. The average Bonchev–Trinajstić information content (AvgIpc) is 3.53. The number of nitrogens with one attached hydrogen (secondary N) is 2. The van der Waals surface area contributed by atoms with Gasteiger partial charge in [0, 0.05) is 13.0 Å². The number of carbonyl (C=O) groups is 5. The van der Waals surface area contributed by atoms with Crippen LogP contribution in [0.2, 0.25) is 0 Å². The molecule has 3 N–H and O–H groups in total. The SMILES string of the molecule is CC(C)(C)OC(=O)N[C@H]1COC/C=C/c2cccc3c2CN(C3)C(=O)O[C@@H]2C[C@@H](C(=O)O)N(C2)C(=O)[C@H](C(C)(C)C)NC1=O. The van der Waals surface area contributed by atoms with Gasteiger partial charge >= 0.3 is 18.2 Å². The Hall–Kier alpha value is -4.13. The summed E-state index contributed by atoms with van der Waals surface area (Å²) in [6.07, 6.45) is 1.24. The second kappa shape index (κ2) is 12.8. The maximum atomic E-state index is 13.9. The van der Waals surface area contributed by atoms with Crippen molar-refractivity contribution >= 4 is 36.0 Å². The Bertz CT molecular complexity index is 1330. The lowest BCUT2D eigenvalue weighted by molar-refractivity contribution is -0.151. The topological polar surface area (TPSA) is 164 Å². The lowest BCUT2D eigenvalue weighted by Crippen LogP contribution is -2.60. The van der Waals surface area contributed by atoms with E-state index in [4.69, 9.17) is 14.2 Å². The minimum absolute atomic E-state index is 0.0942. The standard InChI is InChI=1S/C31H42N4O9/c1-30(2,3)24-26(37)35-15-20(13-23(35)27(38)39)43-29(41)34-14-19-10-7-9-18(21(19)16-34)11-8-12-42-17-22(25(36)33-24)32-28(40)44-31(4,5)6/h7-11,20,22-24H,12-17H2,1-6H3,(H,32,40)(H,33,36)(H,38,39)/b11-8+/t20-,22+,23+,24-/m1/s1. The maximum Gasteiger partial charge on any atom is 0.410 e. The van der Waals surface area contributed by atoms with E-state index < -0.39 is 65.2 Å². The van der Waals surface area contributed by atoms with E-state index in [-0.39, 0.29) is 26.2 Å². The van der Waals surface area contributed by atoms with Crippen LogP contribution in [-0.4, -0.2) is 94.5 Å². The van der Waals surface area contributed by atoms with Crippen LogP contribution in [0.1, 0.15) is 64.7 Å². The molecule has 0 radical (unpaired) electrons. The molecule has 1 aromatic carbocycles. The zero-order chi connectivity index (χ0) is 32.4. The van der Waals surface area contributed by atoms with E-state index in [9.17, 15) is 29.1 Å². The van der Waals surface area contributed by atoms with Crippen molar-refractivity contribution in [2.75, 3.05) is 19.8 Å². The van der Waals surface area contributed by atoms with E-state index in [1.807, 2.05) is 24.3 Å². The van der Waals surface area contributed by atoms with Crippen LogP contribution < -0.4 is 10.6 Å². The molecular formula is C31H42N4O9. The van der Waals surface area contributed by atoms with Crippen LogP contribution in [0.4, 0.5) is 9.59 Å². The number of hydrogen-bond donors (Lipinski definition) is 3. The molecule has 240 valence electrons. The molecule has 1 fully saturated rings. The lowest BCUT2D eigenvalue weighted by Gasteiger charge is -2.35. The fourth-order valence-corrected chi connectivity index (χ4v) is 5.43. The molecule has 1 aromatic rings. The number of nitrogens with zero attached hydrogens (tertiary/aromatic N) is 2. The van der Waals surface area contributed by atoms with Crippen LogP contribution in [0.5, 0.6) is 0 Å². The van der Waals surface area contributed by atoms with Crippen LogP contribution in [0.15, 0.2) is 24.3 Å². The number of rotatable bonds is 2. The third kappa shape index (κ3) is 7.87. The Balaban J connectivity index is 1.67. The van der Waals surface area contributed by atoms with Gasteiger partial charge in [-0.2, -0.15) is 0 Å². The van der Waals surface area contributed by atoms with Gasteiger partial charge in [0.25, 0.3) is 0 Å². The van der Waals surface area contributed by atoms with Gasteiger partial charge in [-0.05, 0) is 42.9 Å². The highest BCUT2D eigenvalue weighted by Gasteiger charge is 2.47. The monoisotopic (exact) mass is 614 g/mol. The lowest BCUT2D eigenvalue weighted by atomic mass is 9.85. The third-order valence-corrected chi connectivity index (χ3v) is 7.58. The highest BCUT2D eigenvalue weighted by atomic mass is 16.6. The molecule has 3 aliphatic heterocycles. The van der Waals surface area contributed by atoms with Crippen molar-refractivity contribution in [1.29, 1.82) is 0 Å². The summed E-state index contributed by atoms with van der Waals surface area (Å²) in [4.78, 5) is 68.2. The van der Waals surface area contributed by atoms with E-state index in [2.05, 4.69) is 10.6 Å². The van der Waals surface area contributed by atoms with Gasteiger partial charge in [0.1, 0.15) is 29.8 Å². The molecule has 0 unspecified atom stereocenters. The third-order valence-electron chi connectivity index (χ3n) is 7.58. The largest absolute Gasteiger partial charge is 0.480 e. The summed E-state index contributed by atoms with van der Waals surface area (Å²) in [6, 6.07) is 2.06. The van der Waals surface area contributed by atoms with Crippen LogP contribution in [0, 0.1) is 5.41 Å². The summed E-state index contributed by atoms with van der Waals surface area (Å²) in [5.41, 5.74) is 1.10. The predicted molar refractivity (Wildman–Crippen MR) is 158 cm³/mol. The minimum Gasteiger partial charge on any atom is -0.480 e. The Morgan fingerprint density at radius 1 is 1.09 bits per heavy atom. The van der Waals surface area contributed by atoms with Crippen molar-refractivity contribution < 1.29 is 43.3 Å². The number of ether oxygens (including phenoxy) is 3. The maximum absolute atomic E-state index is 13.9. The second-order valence-corrected chi connectivity index (χ2v) is 13.4. The molecule has 0 saturated carbocycles. The fraction of sp³-hybridized carbons (Fsp3) is 0.581. The zero-order valence-corrected chi connectivity index (χ0v) is 26.0. The summed E-state index contributed by atoms with van der Waals surface area (Å²) in [6.45, 7) is 10.6. The van der Waals surface area contributed by atoms with Crippen LogP contribution >= 0.6 is 0 Å². The van der Waals surface area contributed by atoms with Crippen LogP contribution in [0.3, 0.4) is 0 Å². The van der Waals surface area contributed by atoms with Crippen LogP contribution in [-0.2, 0) is 41.7 Å². The van der Waals surface area contributed by atoms with Crippen molar-refractivity contribution in [3.8, 4) is 0 Å². The van der Waals surface area contributed by atoms with Crippen LogP contribution in [0.25, 0.3) is 6.08 Å². The zero-order valence-electron chi connectivity index (χ0n) is 26.0. The number of hydrogen-bond acceptors (Lipinski definition) is 8. The number of carboxylic acids is 1. The normalized spacial score (nSPS) is 25.7. The van der Waals surface area contributed by atoms with E-state index in [0.29, 0.717) is 13.1 Å². The number of alkyl carbamates (subject to hydrolysis) is 1. The Morgan fingerprint density at radius 2 is 1.82 bits per heavy atom. The Morgan fingerprint density at radius 3 is 2.48 bits per heavy atom. The van der Waals surface area contributed by atoms with Crippen molar-refractivity contribution in [1.82, 2.24) is 20.4 Å². The van der Waals surface area contributed by atoms with Gasteiger partial charge in [0.15, 0.2) is 0 Å². The molecule has 0 aliphatic carbocycles. The number of carbonyl (C=O) groups excluding carboxylic acids is 4. The Kier molecular flexibility index (Phi) is 9.57. The van der Waals surface area contributed by atoms with E-state index in [0.717, 1.165) is 21.6 Å². The molecule has 0 spiro atoms. The number of carboxylic acid groups (broad SMARTS) is 1. The van der Waals surface area contributed by atoms with Gasteiger partial charge in [-0.15, -0.1) is 0 Å². The summed E-state index contributed by atoms with van der Waals surface area (Å²) < 4.78 is 16.8. The highest BCUT2D eigenvalue weighted by molar-refractivity contribution is 5.94. The summed E-state index contributed by atoms with van der Waals surface area (Å²) >= 11 is 0. The first-order valence-electron chi connectivity index (χ1n) is 14.7. The molecule has 13 nitrogen and oxygen atoms in total. The van der Waals surface area contributed by atoms with E-state index in [1.165, 1.54) is 4.90 Å². The second-order valence-electron chi connectivity index (χ2n) is 13.4. The number of fused-ring (bicyclic) bond motifs is 3. The van der Waals surface area contributed by atoms with Crippen molar-refractivity contribution in [3.05, 3.63) is 41.0 Å². The molecule has 0 aromatic heterocycles. The molecular weight excluding hydrogens is 572 g/mol. The first-order chi connectivity index (χ1) is 20.5. The molecule has 4 rings (SSSR count). The van der Waals surface area contributed by atoms with Crippen molar-refractivity contribution in [2.45, 2.75) is 90.9 Å². The van der Waals surface area contributed by atoms with Crippen molar-refractivity contribution in [2.24, 2.45) is 5.41 Å². The quantitative estimate of drug-likeness (QED) is 0.454. The number of aliphatic carboxylic acids is 1. The smallest absolute Gasteiger partial charge is 0.410 e. The highest BCUT2D eigenvalue weighted by Crippen LogP contribution is 2.30. The summed E-state index contributed by atoms with van der Waals surface area (Å²) in [5, 5.41) is 15.2. The molecule has 3 heterocycles.